The normalized spacial score (nSPS) is 23.8. The Morgan fingerprint density at radius 3 is 2.85 bits per heavy atom. The Kier molecular flexibility index (Phi) is 6.81. The maximum Gasteiger partial charge on any atom is 0.258 e. The first kappa shape index (κ1) is 23.4. The Morgan fingerprint density at radius 1 is 1.36 bits per heavy atom. The van der Waals surface area contributed by atoms with Gasteiger partial charge < -0.3 is 20.4 Å². The third kappa shape index (κ3) is 5.09. The summed E-state index contributed by atoms with van der Waals surface area (Å²) in [6, 6.07) is 3.78. The van der Waals surface area contributed by atoms with Crippen LogP contribution < -0.4 is 10.1 Å². The number of hydrogen-bond acceptors (Lipinski definition) is 6. The first-order valence-corrected chi connectivity index (χ1v) is 11.2. The van der Waals surface area contributed by atoms with Gasteiger partial charge >= 0.3 is 0 Å². The number of benzene rings is 1. The number of nitrogens with zero attached hydrogens (tertiary/aromatic N) is 3. The molecule has 2 N–H and O–H groups in total. The molecule has 1 amide bonds. The third-order valence-electron chi connectivity index (χ3n) is 5.92. The Morgan fingerprint density at radius 2 is 2.15 bits per heavy atom. The SMILES string of the molecule is CC1=N/C(=C2\CN(C(=O)c3ccc(F)cc3OCCN3CC[C@H](F)C3)CC2=N)NC(C)=C1Cl. The van der Waals surface area contributed by atoms with Crippen LogP contribution in [0.25, 0.3) is 0 Å². The first-order valence-electron chi connectivity index (χ1n) is 10.8. The molecule has 0 aromatic heterocycles. The van der Waals surface area contributed by atoms with Gasteiger partial charge in [-0.1, -0.05) is 11.6 Å². The highest BCUT2D eigenvalue weighted by molar-refractivity contribution is 6.43. The predicted molar refractivity (Wildman–Crippen MR) is 123 cm³/mol. The number of hydrogen-bond donors (Lipinski definition) is 2. The second-order valence-corrected chi connectivity index (χ2v) is 8.78. The van der Waals surface area contributed by atoms with Crippen LogP contribution in [0, 0.1) is 11.2 Å². The monoisotopic (exact) mass is 477 g/mol. The van der Waals surface area contributed by atoms with Crippen LogP contribution in [-0.4, -0.2) is 72.6 Å². The number of rotatable bonds is 5. The number of carbonyl (C=O) groups excluding carboxylic acids is 1. The number of halogens is 3. The summed E-state index contributed by atoms with van der Waals surface area (Å²) in [6.07, 6.45) is -0.324. The molecule has 0 spiro atoms. The van der Waals surface area contributed by atoms with Crippen molar-refractivity contribution in [3.63, 3.8) is 0 Å². The molecule has 3 heterocycles. The van der Waals surface area contributed by atoms with Crippen molar-refractivity contribution in [1.29, 1.82) is 5.41 Å². The second-order valence-electron chi connectivity index (χ2n) is 8.40. The summed E-state index contributed by atoms with van der Waals surface area (Å²) in [5, 5.41) is 12.0. The molecule has 1 aromatic carbocycles. The van der Waals surface area contributed by atoms with E-state index in [1.165, 1.54) is 23.1 Å². The summed E-state index contributed by atoms with van der Waals surface area (Å²) in [4.78, 5) is 21.1. The zero-order valence-electron chi connectivity index (χ0n) is 18.6. The van der Waals surface area contributed by atoms with Gasteiger partial charge in [0.15, 0.2) is 0 Å². The minimum absolute atomic E-state index is 0.104. The van der Waals surface area contributed by atoms with Crippen LogP contribution in [0.15, 0.2) is 45.3 Å². The van der Waals surface area contributed by atoms with Gasteiger partial charge in [-0.25, -0.2) is 13.8 Å². The lowest BCUT2D eigenvalue weighted by atomic mass is 10.1. The molecule has 4 rings (SSSR count). The first-order chi connectivity index (χ1) is 15.7. The largest absolute Gasteiger partial charge is 0.491 e. The Labute approximate surface area is 196 Å². The van der Waals surface area contributed by atoms with E-state index >= 15 is 0 Å². The maximum atomic E-state index is 13.9. The van der Waals surface area contributed by atoms with Gasteiger partial charge in [0.1, 0.15) is 30.2 Å². The highest BCUT2D eigenvalue weighted by Gasteiger charge is 2.32. The number of allylic oxidation sites excluding steroid dienone is 2. The number of amides is 1. The molecule has 176 valence electrons. The molecule has 2 saturated heterocycles. The van der Waals surface area contributed by atoms with E-state index in [9.17, 15) is 13.6 Å². The number of likely N-dealkylation sites (tertiary alicyclic amines) is 2. The van der Waals surface area contributed by atoms with Crippen LogP contribution in [0.4, 0.5) is 8.78 Å². The van der Waals surface area contributed by atoms with Crippen LogP contribution in [0.1, 0.15) is 30.6 Å². The lowest BCUT2D eigenvalue weighted by Gasteiger charge is -2.20. The molecular weight excluding hydrogens is 452 g/mol. The molecule has 33 heavy (non-hydrogen) atoms. The summed E-state index contributed by atoms with van der Waals surface area (Å²) in [5.74, 6) is -0.239. The quantitative estimate of drug-likeness (QED) is 0.680. The molecule has 0 bridgehead atoms. The molecule has 1 aromatic rings. The highest BCUT2D eigenvalue weighted by atomic mass is 35.5. The van der Waals surface area contributed by atoms with Crippen molar-refractivity contribution in [2.75, 3.05) is 39.3 Å². The fourth-order valence-electron chi connectivity index (χ4n) is 4.12. The van der Waals surface area contributed by atoms with Crippen LogP contribution in [0.3, 0.4) is 0 Å². The van der Waals surface area contributed by atoms with Crippen LogP contribution in [-0.2, 0) is 0 Å². The minimum Gasteiger partial charge on any atom is -0.491 e. The number of ether oxygens (including phenoxy) is 1. The average molecular weight is 478 g/mol. The van der Waals surface area contributed by atoms with Gasteiger partial charge in [-0.05, 0) is 32.4 Å². The van der Waals surface area contributed by atoms with Gasteiger partial charge in [0.2, 0.25) is 0 Å². The molecule has 7 nitrogen and oxygen atoms in total. The van der Waals surface area contributed by atoms with Gasteiger partial charge in [-0.3, -0.25) is 9.69 Å². The van der Waals surface area contributed by atoms with Gasteiger partial charge in [0.05, 0.1) is 35.1 Å². The molecule has 10 heteroatoms. The van der Waals surface area contributed by atoms with E-state index in [1.54, 1.807) is 6.92 Å². The third-order valence-corrected chi connectivity index (χ3v) is 6.48. The van der Waals surface area contributed by atoms with Gasteiger partial charge in [0.25, 0.3) is 5.91 Å². The summed E-state index contributed by atoms with van der Waals surface area (Å²) in [5.41, 5.74) is 2.46. The summed E-state index contributed by atoms with van der Waals surface area (Å²) < 4.78 is 33.0. The van der Waals surface area contributed by atoms with E-state index in [1.807, 2.05) is 11.8 Å². The fourth-order valence-corrected chi connectivity index (χ4v) is 4.21. The van der Waals surface area contributed by atoms with Crippen LogP contribution in [0.2, 0.25) is 0 Å². The zero-order chi connectivity index (χ0) is 23.7. The van der Waals surface area contributed by atoms with Crippen LogP contribution >= 0.6 is 11.6 Å². The van der Waals surface area contributed by atoms with Crippen molar-refractivity contribution in [1.82, 2.24) is 15.1 Å². The number of nitrogens with one attached hydrogen (secondary N) is 2. The van der Waals surface area contributed by atoms with E-state index in [2.05, 4.69) is 10.3 Å². The van der Waals surface area contributed by atoms with Crippen molar-refractivity contribution in [3.05, 3.63) is 51.7 Å². The van der Waals surface area contributed by atoms with Gasteiger partial charge in [-0.15, -0.1) is 0 Å². The molecule has 1 atom stereocenters. The van der Waals surface area contributed by atoms with E-state index in [-0.39, 0.29) is 42.6 Å². The standard InChI is InChI=1S/C23H26ClF2N5O2/c1-13-21(24)14(2)29-22(28-13)18-11-31(12-19(18)27)23(32)17-4-3-15(25)9-20(17)33-8-7-30-6-5-16(26)10-30/h3-4,9,16,27-28H,5-8,10-12H2,1-2H3/b22-18+,27-19?/t16-/m0/s1. The van der Waals surface area contributed by atoms with Crippen molar-refractivity contribution in [2.24, 2.45) is 4.99 Å². The topological polar surface area (TPSA) is 81.0 Å². The van der Waals surface area contributed by atoms with E-state index in [0.29, 0.717) is 48.2 Å². The van der Waals surface area contributed by atoms with E-state index < -0.39 is 12.0 Å². The summed E-state index contributed by atoms with van der Waals surface area (Å²) in [6.45, 7) is 5.62. The molecule has 0 unspecified atom stereocenters. The second kappa shape index (κ2) is 9.61. The Balaban J connectivity index is 1.48. The molecule has 3 aliphatic heterocycles. The van der Waals surface area contributed by atoms with Gasteiger partial charge in [0, 0.05) is 37.0 Å². The van der Waals surface area contributed by atoms with E-state index in [0.717, 1.165) is 5.70 Å². The number of carbonyl (C=O) groups is 1. The number of aliphatic imine (C=N–C) groups is 1. The minimum atomic E-state index is -0.827. The molecule has 0 aliphatic carbocycles. The van der Waals surface area contributed by atoms with E-state index in [4.69, 9.17) is 21.7 Å². The Bertz CT molecular complexity index is 1080. The summed E-state index contributed by atoms with van der Waals surface area (Å²) >= 11 is 6.18. The maximum absolute atomic E-state index is 13.9. The fraction of sp³-hybridized carbons (Fsp3) is 0.435. The number of alkyl halides is 1. The lowest BCUT2D eigenvalue weighted by molar-refractivity contribution is 0.0799. The van der Waals surface area contributed by atoms with Crippen molar-refractivity contribution in [3.8, 4) is 5.75 Å². The molecule has 2 fully saturated rings. The molecule has 3 aliphatic rings. The predicted octanol–water partition coefficient (Wildman–Crippen LogP) is 3.47. The smallest absolute Gasteiger partial charge is 0.258 e. The van der Waals surface area contributed by atoms with Crippen molar-refractivity contribution >= 4 is 28.9 Å². The van der Waals surface area contributed by atoms with Crippen LogP contribution in [0.5, 0.6) is 5.75 Å². The van der Waals surface area contributed by atoms with Crippen molar-refractivity contribution < 1.29 is 18.3 Å². The lowest BCUT2D eigenvalue weighted by Crippen LogP contribution is -2.30. The van der Waals surface area contributed by atoms with Gasteiger partial charge in [-0.2, -0.15) is 0 Å². The van der Waals surface area contributed by atoms with Crippen molar-refractivity contribution in [2.45, 2.75) is 26.4 Å². The zero-order valence-corrected chi connectivity index (χ0v) is 19.3. The average Bonchev–Trinajstić information content (AvgIpc) is 3.36. The molecular formula is C23H26ClF2N5O2. The molecule has 0 saturated carbocycles. The highest BCUT2D eigenvalue weighted by Crippen LogP contribution is 2.27. The molecule has 0 radical (unpaired) electrons. The summed E-state index contributed by atoms with van der Waals surface area (Å²) in [7, 11) is 0. The Hall–Kier alpha value is -2.78.